The number of nitrogens with zero attached hydrogens (tertiary/aromatic N) is 1. The molecule has 1 fully saturated rings. The van der Waals surface area contributed by atoms with Gasteiger partial charge < -0.3 is 20.1 Å². The van der Waals surface area contributed by atoms with Gasteiger partial charge in [0.15, 0.2) is 24.7 Å². The van der Waals surface area contributed by atoms with Gasteiger partial charge in [0.25, 0.3) is 5.91 Å². The first-order valence-corrected chi connectivity index (χ1v) is 7.71. The van der Waals surface area contributed by atoms with E-state index in [1.54, 1.807) is 11.0 Å². The summed E-state index contributed by atoms with van der Waals surface area (Å²) >= 11 is 0. The smallest absolute Gasteiger partial charge is 0.422 e. The van der Waals surface area contributed by atoms with Crippen molar-refractivity contribution in [2.75, 3.05) is 26.3 Å². The first kappa shape index (κ1) is 21.4. The van der Waals surface area contributed by atoms with Crippen LogP contribution in [0.1, 0.15) is 13.3 Å². The average Bonchev–Trinajstić information content (AvgIpc) is 2.92. The number of carbonyl (C=O) groups excluding carboxylic acids is 1. The molecule has 0 aromatic heterocycles. The Labute approximate surface area is 150 Å². The summed E-state index contributed by atoms with van der Waals surface area (Å²) in [7, 11) is 0. The molecule has 2 N–H and O–H groups in total. The summed E-state index contributed by atoms with van der Waals surface area (Å²) in [5, 5.41) is 0. The monoisotopic (exact) mass is 382 g/mol. The molecular formula is C16H22ClF3N2O3. The molecule has 2 rings (SSSR count). The van der Waals surface area contributed by atoms with Crippen LogP contribution in [0.2, 0.25) is 0 Å². The molecule has 2 atom stereocenters. The summed E-state index contributed by atoms with van der Waals surface area (Å²) in [5.74, 6) is 0.115. The van der Waals surface area contributed by atoms with Gasteiger partial charge in [-0.05, 0) is 37.9 Å². The quantitative estimate of drug-likeness (QED) is 0.821. The summed E-state index contributed by atoms with van der Waals surface area (Å²) in [6, 6.07) is 6.05. The molecule has 0 radical (unpaired) electrons. The Morgan fingerprint density at radius 2 is 1.88 bits per heavy atom. The van der Waals surface area contributed by atoms with Gasteiger partial charge in [-0.15, -0.1) is 12.4 Å². The minimum absolute atomic E-state index is 0. The van der Waals surface area contributed by atoms with Crippen LogP contribution in [-0.4, -0.2) is 49.3 Å². The van der Waals surface area contributed by atoms with E-state index < -0.39 is 12.8 Å². The van der Waals surface area contributed by atoms with Gasteiger partial charge in [0, 0.05) is 12.6 Å². The summed E-state index contributed by atoms with van der Waals surface area (Å²) in [4.78, 5) is 13.9. The fourth-order valence-electron chi connectivity index (χ4n) is 2.73. The van der Waals surface area contributed by atoms with Crippen LogP contribution in [0, 0.1) is 5.92 Å². The van der Waals surface area contributed by atoms with Gasteiger partial charge in [0.1, 0.15) is 0 Å². The molecule has 1 saturated heterocycles. The van der Waals surface area contributed by atoms with Crippen molar-refractivity contribution in [2.24, 2.45) is 11.7 Å². The van der Waals surface area contributed by atoms with Gasteiger partial charge in [-0.2, -0.15) is 13.2 Å². The third kappa shape index (κ3) is 6.28. The lowest BCUT2D eigenvalue weighted by atomic mass is 10.1. The topological polar surface area (TPSA) is 64.8 Å². The van der Waals surface area contributed by atoms with Crippen LogP contribution in [0.4, 0.5) is 13.2 Å². The van der Waals surface area contributed by atoms with Gasteiger partial charge in [-0.1, -0.05) is 12.1 Å². The number of hydrogen-bond acceptors (Lipinski definition) is 4. The number of alkyl halides is 3. The number of hydrogen-bond donors (Lipinski definition) is 1. The van der Waals surface area contributed by atoms with Gasteiger partial charge in [0.05, 0.1) is 0 Å². The SMILES string of the molecule is CC1CC(CN)CN1C(=O)COc1ccccc1OCC(F)(F)F.Cl. The van der Waals surface area contributed by atoms with Crippen LogP contribution in [-0.2, 0) is 4.79 Å². The Kier molecular flexibility index (Phi) is 7.82. The minimum Gasteiger partial charge on any atom is -0.480 e. The summed E-state index contributed by atoms with van der Waals surface area (Å²) in [6.07, 6.45) is -3.60. The molecule has 1 aliphatic rings. The van der Waals surface area contributed by atoms with E-state index >= 15 is 0 Å². The second kappa shape index (κ2) is 9.15. The fraction of sp³-hybridized carbons (Fsp3) is 0.562. The van der Waals surface area contributed by atoms with Crippen molar-refractivity contribution >= 4 is 18.3 Å². The fourth-order valence-corrected chi connectivity index (χ4v) is 2.73. The van der Waals surface area contributed by atoms with E-state index in [4.69, 9.17) is 15.2 Å². The van der Waals surface area contributed by atoms with E-state index in [-0.39, 0.29) is 48.4 Å². The average molecular weight is 383 g/mol. The number of benzene rings is 1. The predicted molar refractivity (Wildman–Crippen MR) is 89.1 cm³/mol. The zero-order chi connectivity index (χ0) is 17.7. The molecule has 9 heteroatoms. The van der Waals surface area contributed by atoms with Crippen LogP contribution >= 0.6 is 12.4 Å². The highest BCUT2D eigenvalue weighted by molar-refractivity contribution is 5.85. The first-order valence-electron chi connectivity index (χ1n) is 7.71. The molecule has 5 nitrogen and oxygen atoms in total. The van der Waals surface area contributed by atoms with Crippen LogP contribution in [0.25, 0.3) is 0 Å². The number of amides is 1. The zero-order valence-corrected chi connectivity index (χ0v) is 14.6. The molecule has 2 unspecified atom stereocenters. The van der Waals surface area contributed by atoms with Crippen LogP contribution < -0.4 is 15.2 Å². The van der Waals surface area contributed by atoms with Gasteiger partial charge in [-0.3, -0.25) is 4.79 Å². The van der Waals surface area contributed by atoms with Crippen LogP contribution in [0.15, 0.2) is 24.3 Å². The van der Waals surface area contributed by atoms with Gasteiger partial charge in [-0.25, -0.2) is 0 Å². The number of para-hydroxylation sites is 2. The molecule has 25 heavy (non-hydrogen) atoms. The Balaban J connectivity index is 0.00000312. The van der Waals surface area contributed by atoms with E-state index in [1.807, 2.05) is 6.92 Å². The zero-order valence-electron chi connectivity index (χ0n) is 13.8. The number of nitrogens with two attached hydrogens (primary N) is 1. The molecule has 1 aromatic carbocycles. The van der Waals surface area contributed by atoms with Crippen molar-refractivity contribution in [1.29, 1.82) is 0 Å². The van der Waals surface area contributed by atoms with E-state index in [9.17, 15) is 18.0 Å². The number of rotatable bonds is 6. The number of carbonyl (C=O) groups is 1. The highest BCUT2D eigenvalue weighted by Crippen LogP contribution is 2.29. The highest BCUT2D eigenvalue weighted by atomic mass is 35.5. The van der Waals surface area contributed by atoms with Gasteiger partial charge in [0.2, 0.25) is 0 Å². The molecule has 0 saturated carbocycles. The third-order valence-electron chi connectivity index (χ3n) is 3.91. The molecule has 1 aromatic rings. The summed E-state index contributed by atoms with van der Waals surface area (Å²) in [5.41, 5.74) is 5.63. The van der Waals surface area contributed by atoms with Crippen molar-refractivity contribution in [1.82, 2.24) is 4.90 Å². The number of halogens is 4. The van der Waals surface area contributed by atoms with E-state index in [1.165, 1.54) is 18.2 Å². The molecule has 142 valence electrons. The second-order valence-electron chi connectivity index (χ2n) is 5.87. The predicted octanol–water partition coefficient (Wildman–Crippen LogP) is 2.62. The maximum absolute atomic E-state index is 12.3. The lowest BCUT2D eigenvalue weighted by Gasteiger charge is -2.22. The summed E-state index contributed by atoms with van der Waals surface area (Å²) < 4.78 is 46.9. The number of likely N-dealkylation sites (tertiary alicyclic amines) is 1. The lowest BCUT2D eigenvalue weighted by molar-refractivity contribution is -0.153. The van der Waals surface area contributed by atoms with Crippen molar-refractivity contribution in [3.05, 3.63) is 24.3 Å². The highest BCUT2D eigenvalue weighted by Gasteiger charge is 2.32. The molecular weight excluding hydrogens is 361 g/mol. The molecule has 0 spiro atoms. The molecule has 1 aliphatic heterocycles. The Morgan fingerprint density at radius 1 is 1.28 bits per heavy atom. The molecule has 1 amide bonds. The normalized spacial score (nSPS) is 20.1. The standard InChI is InChI=1S/C16H21F3N2O3.ClH/c1-11-6-12(7-20)8-21(11)15(22)9-23-13-4-2-3-5-14(13)24-10-16(17,18)19;/h2-5,11-12H,6-10,20H2,1H3;1H. The maximum Gasteiger partial charge on any atom is 0.422 e. The van der Waals surface area contributed by atoms with E-state index in [0.29, 0.717) is 13.1 Å². The maximum atomic E-state index is 12.3. The first-order chi connectivity index (χ1) is 11.3. The Morgan fingerprint density at radius 3 is 2.40 bits per heavy atom. The lowest BCUT2D eigenvalue weighted by Crippen LogP contribution is -2.37. The van der Waals surface area contributed by atoms with Crippen molar-refractivity contribution < 1.29 is 27.4 Å². The largest absolute Gasteiger partial charge is 0.480 e. The second-order valence-corrected chi connectivity index (χ2v) is 5.87. The van der Waals surface area contributed by atoms with Gasteiger partial charge >= 0.3 is 6.18 Å². The third-order valence-corrected chi connectivity index (χ3v) is 3.91. The summed E-state index contributed by atoms with van der Waals surface area (Å²) in [6.45, 7) is 1.36. The van der Waals surface area contributed by atoms with Crippen molar-refractivity contribution in [3.8, 4) is 11.5 Å². The van der Waals surface area contributed by atoms with Crippen LogP contribution in [0.3, 0.4) is 0 Å². The number of ether oxygens (including phenoxy) is 2. The molecule has 0 bridgehead atoms. The van der Waals surface area contributed by atoms with Crippen molar-refractivity contribution in [3.63, 3.8) is 0 Å². The molecule has 0 aliphatic carbocycles. The van der Waals surface area contributed by atoms with Crippen LogP contribution in [0.5, 0.6) is 11.5 Å². The van der Waals surface area contributed by atoms with E-state index in [0.717, 1.165) is 6.42 Å². The Hall–Kier alpha value is -1.67. The minimum atomic E-state index is -4.44. The van der Waals surface area contributed by atoms with E-state index in [2.05, 4.69) is 0 Å². The molecule has 1 heterocycles. The van der Waals surface area contributed by atoms with Crippen molar-refractivity contribution in [2.45, 2.75) is 25.6 Å². The Bertz CT molecular complexity index is 572.